The molecule has 158 valence electrons. The summed E-state index contributed by atoms with van der Waals surface area (Å²) in [5.74, 6) is 0.178. The van der Waals surface area contributed by atoms with Crippen LogP contribution in [0.4, 0.5) is 0 Å². The van der Waals surface area contributed by atoms with Crippen molar-refractivity contribution in [1.29, 1.82) is 0 Å². The van der Waals surface area contributed by atoms with Gasteiger partial charge in [0, 0.05) is 5.02 Å². The van der Waals surface area contributed by atoms with Gasteiger partial charge in [0.15, 0.2) is 0 Å². The maximum Gasteiger partial charge on any atom is 0.254 e. The summed E-state index contributed by atoms with van der Waals surface area (Å²) in [6, 6.07) is 13.0. The van der Waals surface area contributed by atoms with Crippen molar-refractivity contribution in [3.8, 4) is 5.75 Å². The molecule has 7 heteroatoms. The van der Waals surface area contributed by atoms with Crippen molar-refractivity contribution in [2.75, 3.05) is 0 Å². The second kappa shape index (κ2) is 8.24. The van der Waals surface area contributed by atoms with Crippen LogP contribution in [0.3, 0.4) is 0 Å². The highest BCUT2D eigenvalue weighted by Crippen LogP contribution is 2.49. The van der Waals surface area contributed by atoms with E-state index in [2.05, 4.69) is 33.2 Å². The minimum atomic E-state index is -0.247. The van der Waals surface area contributed by atoms with Crippen LogP contribution in [-0.4, -0.2) is 23.0 Å². The monoisotopic (exact) mass is 498 g/mol. The van der Waals surface area contributed by atoms with E-state index in [9.17, 15) is 9.59 Å². The van der Waals surface area contributed by atoms with Crippen LogP contribution >= 0.6 is 27.5 Å². The third kappa shape index (κ3) is 3.83. The van der Waals surface area contributed by atoms with Crippen molar-refractivity contribution >= 4 is 45.6 Å². The van der Waals surface area contributed by atoms with E-state index in [0.29, 0.717) is 17.4 Å². The molecule has 0 N–H and O–H groups in total. The molecule has 31 heavy (non-hydrogen) atoms. The van der Waals surface area contributed by atoms with Crippen LogP contribution in [0.5, 0.6) is 5.75 Å². The number of benzene rings is 2. The molecule has 5 nitrogen and oxygen atoms in total. The van der Waals surface area contributed by atoms with Gasteiger partial charge in [0.2, 0.25) is 0 Å². The van der Waals surface area contributed by atoms with Gasteiger partial charge in [-0.2, -0.15) is 10.1 Å². The first-order valence-corrected chi connectivity index (χ1v) is 11.5. The second-order valence-corrected chi connectivity index (χ2v) is 9.47. The molecule has 4 atom stereocenters. The fourth-order valence-electron chi connectivity index (χ4n) is 4.75. The van der Waals surface area contributed by atoms with Gasteiger partial charge < -0.3 is 4.74 Å². The van der Waals surface area contributed by atoms with Gasteiger partial charge >= 0.3 is 0 Å². The van der Waals surface area contributed by atoms with E-state index in [1.54, 1.807) is 6.21 Å². The Morgan fingerprint density at radius 1 is 1.03 bits per heavy atom. The number of rotatable bonds is 5. The van der Waals surface area contributed by atoms with Gasteiger partial charge in [0.25, 0.3) is 11.8 Å². The van der Waals surface area contributed by atoms with Crippen molar-refractivity contribution in [2.24, 2.45) is 28.8 Å². The molecule has 2 aromatic carbocycles. The number of amides is 2. The van der Waals surface area contributed by atoms with Gasteiger partial charge in [-0.05, 0) is 82.1 Å². The molecule has 0 spiro atoms. The van der Waals surface area contributed by atoms with Gasteiger partial charge in [-0.1, -0.05) is 35.9 Å². The van der Waals surface area contributed by atoms with Crippen LogP contribution in [0.25, 0.3) is 0 Å². The molecule has 3 aliphatic carbocycles. The number of halogens is 2. The molecule has 2 amide bonds. The summed E-state index contributed by atoms with van der Waals surface area (Å²) in [7, 11) is 0. The zero-order valence-corrected chi connectivity index (χ0v) is 18.9. The Bertz CT molecular complexity index is 1070. The molecule has 0 radical (unpaired) electrons. The SMILES string of the molecule is O=C1[C@H]2[C@H](C(=O)N1/N=C\c1ccc(OCc3ccc(Cl)cc3)c(Br)c1)[C@H]1C=C[C@H]2CC1. The van der Waals surface area contributed by atoms with Gasteiger partial charge in [0.05, 0.1) is 22.5 Å². The van der Waals surface area contributed by atoms with Gasteiger partial charge in [-0.15, -0.1) is 0 Å². The number of hydrogen-bond acceptors (Lipinski definition) is 4. The lowest BCUT2D eigenvalue weighted by Crippen LogP contribution is -2.38. The summed E-state index contributed by atoms with van der Waals surface area (Å²) in [5, 5.41) is 6.02. The molecule has 2 fully saturated rings. The molecule has 1 heterocycles. The Morgan fingerprint density at radius 3 is 2.26 bits per heavy atom. The molecule has 2 aromatic rings. The highest BCUT2D eigenvalue weighted by atomic mass is 79.9. The van der Waals surface area contributed by atoms with Crippen molar-refractivity contribution in [2.45, 2.75) is 19.4 Å². The molecule has 1 saturated heterocycles. The average Bonchev–Trinajstić information content (AvgIpc) is 3.05. The predicted octanol–water partition coefficient (Wildman–Crippen LogP) is 5.21. The third-order valence-corrected chi connectivity index (χ3v) is 7.19. The summed E-state index contributed by atoms with van der Waals surface area (Å²) in [6.07, 6.45) is 7.71. The molecular weight excluding hydrogens is 480 g/mol. The summed E-state index contributed by atoms with van der Waals surface area (Å²) in [6.45, 7) is 0.416. The van der Waals surface area contributed by atoms with Crippen LogP contribution < -0.4 is 4.74 Å². The summed E-state index contributed by atoms with van der Waals surface area (Å²) < 4.78 is 6.63. The van der Waals surface area contributed by atoms with Crippen molar-refractivity contribution in [3.05, 3.63) is 75.2 Å². The van der Waals surface area contributed by atoms with Crippen molar-refractivity contribution in [3.63, 3.8) is 0 Å². The van der Waals surface area contributed by atoms with E-state index >= 15 is 0 Å². The Hall–Kier alpha value is -2.44. The molecule has 4 aliphatic rings. The molecular formula is C24H20BrClN2O3. The summed E-state index contributed by atoms with van der Waals surface area (Å²) in [5.41, 5.74) is 1.78. The van der Waals surface area contributed by atoms with E-state index < -0.39 is 0 Å². The summed E-state index contributed by atoms with van der Waals surface area (Å²) >= 11 is 9.43. The maximum atomic E-state index is 12.8. The van der Waals surface area contributed by atoms with Crippen LogP contribution in [0.1, 0.15) is 24.0 Å². The van der Waals surface area contributed by atoms with E-state index in [0.717, 1.165) is 33.5 Å². The van der Waals surface area contributed by atoms with Crippen molar-refractivity contribution in [1.82, 2.24) is 5.01 Å². The fraction of sp³-hybridized carbons (Fsp3) is 0.292. The Kier molecular flexibility index (Phi) is 5.44. The number of imide groups is 1. The topological polar surface area (TPSA) is 59.0 Å². The molecule has 1 aliphatic heterocycles. The quantitative estimate of drug-likeness (QED) is 0.322. The Labute approximate surface area is 193 Å². The smallest absolute Gasteiger partial charge is 0.254 e. The number of ether oxygens (including phenoxy) is 1. The predicted molar refractivity (Wildman–Crippen MR) is 122 cm³/mol. The Morgan fingerprint density at radius 2 is 1.68 bits per heavy atom. The number of carbonyl (C=O) groups is 2. The van der Waals surface area contributed by atoms with Crippen LogP contribution in [0.15, 0.2) is 64.2 Å². The van der Waals surface area contributed by atoms with Gasteiger partial charge in [0.1, 0.15) is 12.4 Å². The molecule has 2 bridgehead atoms. The van der Waals surface area contributed by atoms with E-state index in [-0.39, 0.29) is 35.5 Å². The zero-order valence-electron chi connectivity index (χ0n) is 16.6. The molecule has 0 aromatic heterocycles. The number of fused-ring (bicyclic) bond motifs is 1. The zero-order chi connectivity index (χ0) is 21.5. The first kappa shape index (κ1) is 20.5. The number of hydrazone groups is 1. The maximum absolute atomic E-state index is 12.8. The fourth-order valence-corrected chi connectivity index (χ4v) is 5.39. The molecule has 6 rings (SSSR count). The number of carbonyl (C=O) groups excluding carboxylic acids is 2. The van der Waals surface area contributed by atoms with Crippen molar-refractivity contribution < 1.29 is 14.3 Å². The number of allylic oxidation sites excluding steroid dienone is 2. The van der Waals surface area contributed by atoms with Crippen LogP contribution in [-0.2, 0) is 16.2 Å². The molecule has 0 unspecified atom stereocenters. The van der Waals surface area contributed by atoms with Crippen LogP contribution in [0.2, 0.25) is 5.02 Å². The lowest BCUT2D eigenvalue weighted by Gasteiger charge is -2.37. The first-order chi connectivity index (χ1) is 15.0. The van der Waals surface area contributed by atoms with E-state index in [1.807, 2.05) is 42.5 Å². The lowest BCUT2D eigenvalue weighted by molar-refractivity contribution is -0.140. The minimum absolute atomic E-state index is 0.165. The Balaban J connectivity index is 1.27. The van der Waals surface area contributed by atoms with Crippen LogP contribution in [0, 0.1) is 23.7 Å². The highest BCUT2D eigenvalue weighted by molar-refractivity contribution is 9.10. The number of hydrogen-bond donors (Lipinski definition) is 0. The van der Waals surface area contributed by atoms with Gasteiger partial charge in [-0.3, -0.25) is 9.59 Å². The largest absolute Gasteiger partial charge is 0.488 e. The normalized spacial score (nSPS) is 26.7. The second-order valence-electron chi connectivity index (χ2n) is 8.18. The summed E-state index contributed by atoms with van der Waals surface area (Å²) in [4.78, 5) is 25.7. The first-order valence-electron chi connectivity index (χ1n) is 10.3. The third-order valence-electron chi connectivity index (χ3n) is 6.32. The standard InChI is InChI=1S/C24H20BrClN2O3/c25-19-11-15(3-10-20(19)31-13-14-1-8-18(26)9-2-14)12-27-28-23(29)21-16-4-5-17(7-6-16)22(21)24(28)30/h1-5,8-12,16-17,21-22H,6-7,13H2/b27-12-/t16-,17-,21+,22+/m0/s1. The lowest BCUT2D eigenvalue weighted by atomic mass is 9.63. The van der Waals surface area contributed by atoms with E-state index in [1.165, 1.54) is 0 Å². The van der Waals surface area contributed by atoms with E-state index in [4.69, 9.17) is 16.3 Å². The molecule has 1 saturated carbocycles. The highest BCUT2D eigenvalue weighted by Gasteiger charge is 2.56. The van der Waals surface area contributed by atoms with Gasteiger partial charge in [-0.25, -0.2) is 0 Å². The number of nitrogens with zero attached hydrogens (tertiary/aromatic N) is 2. The average molecular weight is 500 g/mol. The minimum Gasteiger partial charge on any atom is -0.488 e.